The van der Waals surface area contributed by atoms with Gasteiger partial charge in [0, 0.05) is 6.04 Å². The second-order valence-electron chi connectivity index (χ2n) is 5.74. The highest BCUT2D eigenvalue weighted by molar-refractivity contribution is 5.06. The lowest BCUT2D eigenvalue weighted by Gasteiger charge is -2.45. The van der Waals surface area contributed by atoms with Crippen molar-refractivity contribution in [2.24, 2.45) is 11.3 Å². The van der Waals surface area contributed by atoms with Crippen LogP contribution in [0, 0.1) is 11.3 Å². The van der Waals surface area contributed by atoms with Crippen LogP contribution in [0.15, 0.2) is 0 Å². The first-order valence-corrected chi connectivity index (χ1v) is 6.81. The molecule has 0 aromatic carbocycles. The van der Waals surface area contributed by atoms with E-state index in [0.29, 0.717) is 5.41 Å². The molecule has 2 nitrogen and oxygen atoms in total. The molecule has 86 valence electrons. The van der Waals surface area contributed by atoms with Crippen LogP contribution in [0.1, 0.15) is 39.0 Å². The Balaban J connectivity index is 1.86. The summed E-state index contributed by atoms with van der Waals surface area (Å²) in [5.74, 6) is 0.944. The SMILES string of the molecule is CCC1CNCCC12CCN1CCCC12. The molecule has 3 rings (SSSR count). The van der Waals surface area contributed by atoms with Crippen molar-refractivity contribution in [3.05, 3.63) is 0 Å². The molecule has 0 radical (unpaired) electrons. The fourth-order valence-corrected chi connectivity index (χ4v) is 4.59. The van der Waals surface area contributed by atoms with Gasteiger partial charge in [0.1, 0.15) is 0 Å². The minimum Gasteiger partial charge on any atom is -0.316 e. The van der Waals surface area contributed by atoms with Crippen molar-refractivity contribution in [2.45, 2.75) is 45.1 Å². The predicted molar refractivity (Wildman–Crippen MR) is 62.9 cm³/mol. The van der Waals surface area contributed by atoms with E-state index in [4.69, 9.17) is 0 Å². The van der Waals surface area contributed by atoms with Gasteiger partial charge in [-0.3, -0.25) is 4.90 Å². The zero-order valence-electron chi connectivity index (χ0n) is 9.97. The van der Waals surface area contributed by atoms with Gasteiger partial charge < -0.3 is 5.32 Å². The molecular weight excluding hydrogens is 184 g/mol. The lowest BCUT2D eigenvalue weighted by atomic mass is 9.64. The molecule has 0 aromatic heterocycles. The predicted octanol–water partition coefficient (Wildman–Crippen LogP) is 1.86. The largest absolute Gasteiger partial charge is 0.316 e. The molecule has 1 N–H and O–H groups in total. The molecule has 1 spiro atoms. The van der Waals surface area contributed by atoms with E-state index in [1.165, 1.54) is 58.3 Å². The minimum atomic E-state index is 0.705. The minimum absolute atomic E-state index is 0.705. The average molecular weight is 208 g/mol. The van der Waals surface area contributed by atoms with Gasteiger partial charge in [0.05, 0.1) is 0 Å². The molecule has 0 saturated carbocycles. The first-order valence-electron chi connectivity index (χ1n) is 6.81. The molecule has 0 amide bonds. The van der Waals surface area contributed by atoms with Gasteiger partial charge in [0.25, 0.3) is 0 Å². The Labute approximate surface area is 93.4 Å². The van der Waals surface area contributed by atoms with Crippen LogP contribution in [0.5, 0.6) is 0 Å². The molecule has 2 heteroatoms. The molecule has 3 unspecified atom stereocenters. The number of hydrogen-bond acceptors (Lipinski definition) is 2. The van der Waals surface area contributed by atoms with E-state index in [1.54, 1.807) is 0 Å². The fourth-order valence-electron chi connectivity index (χ4n) is 4.59. The fraction of sp³-hybridized carbons (Fsp3) is 1.00. The molecule has 0 bridgehead atoms. The second kappa shape index (κ2) is 3.74. The maximum atomic E-state index is 3.60. The van der Waals surface area contributed by atoms with Crippen LogP contribution >= 0.6 is 0 Å². The maximum Gasteiger partial charge on any atom is 0.0156 e. The molecule has 3 fully saturated rings. The Morgan fingerprint density at radius 1 is 1.33 bits per heavy atom. The van der Waals surface area contributed by atoms with Crippen molar-refractivity contribution < 1.29 is 0 Å². The van der Waals surface area contributed by atoms with Crippen LogP contribution in [0.25, 0.3) is 0 Å². The molecule has 3 aliphatic heterocycles. The molecule has 3 heterocycles. The topological polar surface area (TPSA) is 15.3 Å². The summed E-state index contributed by atoms with van der Waals surface area (Å²) < 4.78 is 0. The summed E-state index contributed by atoms with van der Waals surface area (Å²) in [6.07, 6.45) is 7.23. The Hall–Kier alpha value is -0.0800. The zero-order chi connectivity index (χ0) is 10.3. The maximum absolute atomic E-state index is 3.60. The highest BCUT2D eigenvalue weighted by atomic mass is 15.2. The van der Waals surface area contributed by atoms with E-state index in [0.717, 1.165) is 12.0 Å². The third-order valence-corrected chi connectivity index (χ3v) is 5.36. The van der Waals surface area contributed by atoms with Crippen molar-refractivity contribution in [3.63, 3.8) is 0 Å². The average Bonchev–Trinajstić information content (AvgIpc) is 2.85. The monoisotopic (exact) mass is 208 g/mol. The van der Waals surface area contributed by atoms with Gasteiger partial charge in [0.15, 0.2) is 0 Å². The number of fused-ring (bicyclic) bond motifs is 2. The number of nitrogens with one attached hydrogen (secondary N) is 1. The van der Waals surface area contributed by atoms with Crippen LogP contribution in [-0.4, -0.2) is 37.1 Å². The third kappa shape index (κ3) is 1.38. The van der Waals surface area contributed by atoms with Crippen molar-refractivity contribution in [1.82, 2.24) is 10.2 Å². The Kier molecular flexibility index (Phi) is 2.52. The first kappa shape index (κ1) is 10.1. The third-order valence-electron chi connectivity index (χ3n) is 5.36. The van der Waals surface area contributed by atoms with Crippen molar-refractivity contribution in [3.8, 4) is 0 Å². The molecular formula is C13H24N2. The Morgan fingerprint density at radius 3 is 3.13 bits per heavy atom. The molecule has 0 aromatic rings. The summed E-state index contributed by atoms with van der Waals surface area (Å²) in [5.41, 5.74) is 0.705. The first-order chi connectivity index (χ1) is 7.37. The van der Waals surface area contributed by atoms with Crippen LogP contribution in [0.2, 0.25) is 0 Å². The van der Waals surface area contributed by atoms with Crippen molar-refractivity contribution in [1.29, 1.82) is 0 Å². The Bertz CT molecular complexity index is 237. The molecule has 3 saturated heterocycles. The number of nitrogens with zero attached hydrogens (tertiary/aromatic N) is 1. The highest BCUT2D eigenvalue weighted by Gasteiger charge is 2.52. The lowest BCUT2D eigenvalue weighted by Crippen LogP contribution is -2.50. The van der Waals surface area contributed by atoms with Gasteiger partial charge in [-0.1, -0.05) is 13.3 Å². The molecule has 0 aliphatic carbocycles. The number of rotatable bonds is 1. The van der Waals surface area contributed by atoms with Crippen LogP contribution in [0.4, 0.5) is 0 Å². The number of hydrogen-bond donors (Lipinski definition) is 1. The quantitative estimate of drug-likeness (QED) is 0.707. The van der Waals surface area contributed by atoms with E-state index in [9.17, 15) is 0 Å². The Morgan fingerprint density at radius 2 is 2.27 bits per heavy atom. The van der Waals surface area contributed by atoms with E-state index < -0.39 is 0 Å². The summed E-state index contributed by atoms with van der Waals surface area (Å²) >= 11 is 0. The summed E-state index contributed by atoms with van der Waals surface area (Å²) in [6.45, 7) is 7.70. The van der Waals surface area contributed by atoms with Crippen molar-refractivity contribution in [2.75, 3.05) is 26.2 Å². The van der Waals surface area contributed by atoms with Gasteiger partial charge in [-0.15, -0.1) is 0 Å². The van der Waals surface area contributed by atoms with E-state index in [-0.39, 0.29) is 0 Å². The van der Waals surface area contributed by atoms with Gasteiger partial charge in [-0.2, -0.15) is 0 Å². The number of piperidine rings is 1. The van der Waals surface area contributed by atoms with Crippen LogP contribution < -0.4 is 5.32 Å². The molecule has 3 aliphatic rings. The zero-order valence-corrected chi connectivity index (χ0v) is 9.97. The van der Waals surface area contributed by atoms with Gasteiger partial charge in [0.2, 0.25) is 0 Å². The highest BCUT2D eigenvalue weighted by Crippen LogP contribution is 2.51. The van der Waals surface area contributed by atoms with Crippen LogP contribution in [-0.2, 0) is 0 Å². The van der Waals surface area contributed by atoms with E-state index in [2.05, 4.69) is 17.1 Å². The summed E-state index contributed by atoms with van der Waals surface area (Å²) in [7, 11) is 0. The standard InChI is InChI=1S/C13H24N2/c1-2-11-10-14-7-5-13(11)6-9-15-8-3-4-12(13)15/h11-12,14H,2-10H2,1H3. The van der Waals surface area contributed by atoms with E-state index >= 15 is 0 Å². The lowest BCUT2D eigenvalue weighted by molar-refractivity contribution is 0.0668. The van der Waals surface area contributed by atoms with Crippen LogP contribution in [0.3, 0.4) is 0 Å². The van der Waals surface area contributed by atoms with Crippen molar-refractivity contribution >= 4 is 0 Å². The molecule has 3 atom stereocenters. The van der Waals surface area contributed by atoms with Gasteiger partial charge in [-0.05, 0) is 63.2 Å². The normalized spacial score (nSPS) is 46.2. The van der Waals surface area contributed by atoms with Gasteiger partial charge in [-0.25, -0.2) is 0 Å². The summed E-state index contributed by atoms with van der Waals surface area (Å²) in [6, 6.07) is 0.949. The van der Waals surface area contributed by atoms with Gasteiger partial charge >= 0.3 is 0 Å². The van der Waals surface area contributed by atoms with E-state index in [1.807, 2.05) is 0 Å². The summed E-state index contributed by atoms with van der Waals surface area (Å²) in [5, 5.41) is 3.60. The molecule has 15 heavy (non-hydrogen) atoms. The second-order valence-corrected chi connectivity index (χ2v) is 5.74. The summed E-state index contributed by atoms with van der Waals surface area (Å²) in [4.78, 5) is 2.79. The smallest absolute Gasteiger partial charge is 0.0156 e.